The number of rotatable bonds is 6. The zero-order valence-corrected chi connectivity index (χ0v) is 15.9. The Morgan fingerprint density at radius 1 is 1.30 bits per heavy atom. The fourth-order valence-corrected chi connectivity index (χ4v) is 4.40. The van der Waals surface area contributed by atoms with Gasteiger partial charge in [0.2, 0.25) is 10.0 Å². The van der Waals surface area contributed by atoms with Gasteiger partial charge in [-0.05, 0) is 52.9 Å². The van der Waals surface area contributed by atoms with Crippen molar-refractivity contribution in [2.45, 2.75) is 71.9 Å². The first-order valence-corrected chi connectivity index (χ1v) is 10.1. The highest BCUT2D eigenvalue weighted by molar-refractivity contribution is 7.89. The van der Waals surface area contributed by atoms with Crippen molar-refractivity contribution < 1.29 is 17.9 Å². The number of hydrogen-bond acceptors (Lipinski definition) is 4. The molecule has 1 aliphatic rings. The third-order valence-corrected chi connectivity index (χ3v) is 6.06. The predicted molar refractivity (Wildman–Crippen MR) is 91.8 cm³/mol. The maximum atomic E-state index is 12.2. The normalized spacial score (nSPS) is 19.3. The molecule has 0 aromatic heterocycles. The first-order valence-electron chi connectivity index (χ1n) is 8.52. The lowest BCUT2D eigenvalue weighted by atomic mass is 9.91. The summed E-state index contributed by atoms with van der Waals surface area (Å²) in [5.74, 6) is 0.514. The number of amides is 1. The molecule has 23 heavy (non-hydrogen) atoms. The van der Waals surface area contributed by atoms with Gasteiger partial charge in [0, 0.05) is 19.1 Å². The minimum absolute atomic E-state index is 0.0228. The average molecular weight is 349 g/mol. The molecule has 1 N–H and O–H groups in total. The number of ether oxygens (including phenoxy) is 1. The molecule has 1 rings (SSSR count). The molecule has 1 amide bonds. The summed E-state index contributed by atoms with van der Waals surface area (Å²) in [6, 6.07) is -0.0228. The van der Waals surface area contributed by atoms with Crippen LogP contribution in [0.4, 0.5) is 4.79 Å². The Labute approximate surface area is 141 Å². The summed E-state index contributed by atoms with van der Waals surface area (Å²) >= 11 is 0. The van der Waals surface area contributed by atoms with Crippen molar-refractivity contribution in [3.05, 3.63) is 0 Å². The number of nitrogens with zero attached hydrogens (tertiary/aromatic N) is 1. The van der Waals surface area contributed by atoms with Crippen LogP contribution in [0, 0.1) is 5.92 Å². The van der Waals surface area contributed by atoms with E-state index in [9.17, 15) is 13.2 Å². The topological polar surface area (TPSA) is 75.7 Å². The monoisotopic (exact) mass is 348 g/mol. The SMILES string of the molecule is CCCCS(=O)(=O)N1CCC([C@H](C)NC(=O)OC(C)(C)C)CC1. The molecule has 0 radical (unpaired) electrons. The lowest BCUT2D eigenvalue weighted by Gasteiger charge is -2.34. The number of alkyl carbamates (subject to hydrolysis) is 1. The summed E-state index contributed by atoms with van der Waals surface area (Å²) in [6.45, 7) is 10.5. The van der Waals surface area contributed by atoms with Gasteiger partial charge in [0.1, 0.15) is 5.60 Å². The van der Waals surface area contributed by atoms with E-state index < -0.39 is 21.7 Å². The Bertz CT molecular complexity index is 477. The molecule has 0 unspecified atom stereocenters. The predicted octanol–water partition coefficient (Wildman–Crippen LogP) is 2.74. The lowest BCUT2D eigenvalue weighted by Crippen LogP contribution is -2.47. The second kappa shape index (κ2) is 8.33. The van der Waals surface area contributed by atoms with Gasteiger partial charge in [0.15, 0.2) is 0 Å². The molecule has 0 aromatic carbocycles. The maximum Gasteiger partial charge on any atom is 0.407 e. The summed E-state index contributed by atoms with van der Waals surface area (Å²) in [7, 11) is -3.12. The number of hydrogen-bond donors (Lipinski definition) is 1. The van der Waals surface area contributed by atoms with E-state index in [2.05, 4.69) is 5.32 Å². The standard InChI is InChI=1S/C16H32N2O4S/c1-6-7-12-23(20,21)18-10-8-14(9-11-18)13(2)17-15(19)22-16(3,4)5/h13-14H,6-12H2,1-5H3,(H,17,19)/t13-/m0/s1. The van der Waals surface area contributed by atoms with Gasteiger partial charge in [0.05, 0.1) is 5.75 Å². The molecule has 1 atom stereocenters. The van der Waals surface area contributed by atoms with Crippen molar-refractivity contribution >= 4 is 16.1 Å². The van der Waals surface area contributed by atoms with Crippen molar-refractivity contribution in [2.75, 3.05) is 18.8 Å². The summed E-state index contributed by atoms with van der Waals surface area (Å²) in [4.78, 5) is 11.8. The highest BCUT2D eigenvalue weighted by Crippen LogP contribution is 2.23. The molecule has 0 bridgehead atoms. The Hall–Kier alpha value is -0.820. The lowest BCUT2D eigenvalue weighted by molar-refractivity contribution is 0.0481. The Morgan fingerprint density at radius 3 is 2.35 bits per heavy atom. The number of unbranched alkanes of at least 4 members (excludes halogenated alkanes) is 1. The van der Waals surface area contributed by atoms with Crippen LogP contribution in [0.3, 0.4) is 0 Å². The molecule has 0 aromatic rings. The van der Waals surface area contributed by atoms with Gasteiger partial charge >= 0.3 is 6.09 Å². The first kappa shape index (κ1) is 20.2. The minimum atomic E-state index is -3.12. The van der Waals surface area contributed by atoms with Crippen LogP contribution in [-0.2, 0) is 14.8 Å². The molecule has 0 aliphatic carbocycles. The third kappa shape index (κ3) is 7.08. The van der Waals surface area contributed by atoms with Gasteiger partial charge in [-0.25, -0.2) is 17.5 Å². The Balaban J connectivity index is 2.45. The zero-order valence-electron chi connectivity index (χ0n) is 15.1. The van der Waals surface area contributed by atoms with Crippen molar-refractivity contribution in [3.63, 3.8) is 0 Å². The van der Waals surface area contributed by atoms with Crippen LogP contribution in [0.15, 0.2) is 0 Å². The number of piperidine rings is 1. The van der Waals surface area contributed by atoms with Gasteiger partial charge in [-0.1, -0.05) is 13.3 Å². The first-order chi connectivity index (χ1) is 10.5. The Morgan fingerprint density at radius 2 is 1.87 bits per heavy atom. The van der Waals surface area contributed by atoms with Gasteiger partial charge in [-0.2, -0.15) is 0 Å². The van der Waals surface area contributed by atoms with E-state index in [1.165, 1.54) is 0 Å². The number of nitrogens with one attached hydrogen (secondary N) is 1. The number of carbonyl (C=O) groups excluding carboxylic acids is 1. The molecule has 0 saturated carbocycles. The van der Waals surface area contributed by atoms with Crippen LogP contribution in [0.1, 0.15) is 60.3 Å². The summed E-state index contributed by atoms with van der Waals surface area (Å²) in [5, 5.41) is 2.86. The fraction of sp³-hybridized carbons (Fsp3) is 0.938. The van der Waals surface area contributed by atoms with Crippen LogP contribution in [0.25, 0.3) is 0 Å². The number of carbonyl (C=O) groups is 1. The van der Waals surface area contributed by atoms with Gasteiger partial charge in [0.25, 0.3) is 0 Å². The highest BCUT2D eigenvalue weighted by atomic mass is 32.2. The van der Waals surface area contributed by atoms with E-state index in [1.807, 2.05) is 34.6 Å². The van der Waals surface area contributed by atoms with E-state index in [1.54, 1.807) is 4.31 Å². The molecule has 1 aliphatic heterocycles. The van der Waals surface area contributed by atoms with Gasteiger partial charge in [-0.15, -0.1) is 0 Å². The average Bonchev–Trinajstić information content (AvgIpc) is 2.43. The molecule has 0 spiro atoms. The molecule has 1 heterocycles. The second-order valence-corrected chi connectivity index (χ2v) is 9.43. The summed E-state index contributed by atoms with van der Waals surface area (Å²) in [6.07, 6.45) is 2.71. The quantitative estimate of drug-likeness (QED) is 0.801. The molecule has 6 nitrogen and oxygen atoms in total. The molecular weight excluding hydrogens is 316 g/mol. The van der Waals surface area contributed by atoms with Crippen molar-refractivity contribution in [2.24, 2.45) is 5.92 Å². The maximum absolute atomic E-state index is 12.2. The molecular formula is C16H32N2O4S. The molecule has 1 saturated heterocycles. The van der Waals surface area contributed by atoms with Crippen LogP contribution in [0.5, 0.6) is 0 Å². The summed E-state index contributed by atoms with van der Waals surface area (Å²) in [5.41, 5.74) is -0.513. The van der Waals surface area contributed by atoms with Crippen molar-refractivity contribution in [1.29, 1.82) is 0 Å². The van der Waals surface area contributed by atoms with Crippen LogP contribution < -0.4 is 5.32 Å². The van der Waals surface area contributed by atoms with Crippen LogP contribution in [-0.4, -0.2) is 49.3 Å². The second-order valence-electron chi connectivity index (χ2n) is 7.34. The Kier molecular flexibility index (Phi) is 7.32. The van der Waals surface area contributed by atoms with Crippen molar-refractivity contribution in [1.82, 2.24) is 9.62 Å². The van der Waals surface area contributed by atoms with Gasteiger partial charge in [-0.3, -0.25) is 0 Å². The smallest absolute Gasteiger partial charge is 0.407 e. The molecule has 136 valence electrons. The van der Waals surface area contributed by atoms with E-state index in [0.717, 1.165) is 19.3 Å². The molecule has 7 heteroatoms. The van der Waals surface area contributed by atoms with E-state index in [-0.39, 0.29) is 17.7 Å². The number of sulfonamides is 1. The van der Waals surface area contributed by atoms with Crippen LogP contribution in [0.2, 0.25) is 0 Å². The van der Waals surface area contributed by atoms with E-state index in [4.69, 9.17) is 4.74 Å². The highest BCUT2D eigenvalue weighted by Gasteiger charge is 2.31. The van der Waals surface area contributed by atoms with Crippen LogP contribution >= 0.6 is 0 Å². The van der Waals surface area contributed by atoms with E-state index in [0.29, 0.717) is 19.5 Å². The van der Waals surface area contributed by atoms with E-state index >= 15 is 0 Å². The zero-order chi connectivity index (χ0) is 17.7. The van der Waals surface area contributed by atoms with Gasteiger partial charge < -0.3 is 10.1 Å². The minimum Gasteiger partial charge on any atom is -0.444 e. The summed E-state index contributed by atoms with van der Waals surface area (Å²) < 4.78 is 31.2. The van der Waals surface area contributed by atoms with Crippen molar-refractivity contribution in [3.8, 4) is 0 Å². The third-order valence-electron chi connectivity index (χ3n) is 4.10. The molecule has 1 fully saturated rings. The fourth-order valence-electron chi connectivity index (χ4n) is 2.72. The largest absolute Gasteiger partial charge is 0.444 e.